The molecule has 0 aliphatic rings. The van der Waals surface area contributed by atoms with Gasteiger partial charge < -0.3 is 9.13 Å². The largest absolute Gasteiger partial charge is 0.309 e. The van der Waals surface area contributed by atoms with Gasteiger partial charge in [0.1, 0.15) is 12.1 Å². The molecule has 6 aromatic carbocycles. The molecule has 0 N–H and O–H groups in total. The van der Waals surface area contributed by atoms with Crippen LogP contribution in [0.25, 0.3) is 66.1 Å². The number of aromatic nitrogens is 2. The summed E-state index contributed by atoms with van der Waals surface area (Å²) in [5.41, 5.74) is 10.6. The molecule has 0 saturated carbocycles. The van der Waals surface area contributed by atoms with Crippen LogP contribution in [0.1, 0.15) is 36.1 Å². The number of allylic oxidation sites excluding steroid dienone is 4. The highest BCUT2D eigenvalue weighted by Crippen LogP contribution is 2.42. The number of nitriles is 2. The average molecular weight is 615 g/mol. The van der Waals surface area contributed by atoms with Gasteiger partial charge in [0, 0.05) is 32.8 Å². The maximum Gasteiger partial charge on any atom is 0.101 e. The van der Waals surface area contributed by atoms with E-state index in [1.165, 1.54) is 10.8 Å². The van der Waals surface area contributed by atoms with Gasteiger partial charge in [0.25, 0.3) is 0 Å². The van der Waals surface area contributed by atoms with Gasteiger partial charge in [-0.25, -0.2) is 0 Å². The predicted octanol–water partition coefficient (Wildman–Crippen LogP) is 11.1. The molecule has 4 nitrogen and oxygen atoms in total. The molecule has 0 aliphatic heterocycles. The second-order valence-corrected chi connectivity index (χ2v) is 11.8. The molecular weight excluding hydrogens is 585 g/mol. The van der Waals surface area contributed by atoms with Crippen LogP contribution < -0.4 is 0 Å². The number of benzene rings is 6. The number of rotatable bonds is 5. The molecule has 0 atom stereocenters. The molecule has 0 bridgehead atoms. The Balaban J connectivity index is 1.38. The van der Waals surface area contributed by atoms with Gasteiger partial charge in [-0.05, 0) is 79.1 Å². The first-order valence-corrected chi connectivity index (χ1v) is 16.1. The Labute approximate surface area is 278 Å². The fraction of sp³-hybridized carbons (Fsp3) is 0.0455. The van der Waals surface area contributed by atoms with Crippen molar-refractivity contribution in [2.75, 3.05) is 0 Å². The van der Waals surface area contributed by atoms with Crippen molar-refractivity contribution in [1.82, 2.24) is 9.13 Å². The maximum atomic E-state index is 10.7. The third kappa shape index (κ3) is 4.28. The lowest BCUT2D eigenvalue weighted by Crippen LogP contribution is -2.05. The van der Waals surface area contributed by atoms with Crippen molar-refractivity contribution in [2.45, 2.75) is 13.8 Å². The topological polar surface area (TPSA) is 57.4 Å². The van der Waals surface area contributed by atoms with Crippen LogP contribution in [0.3, 0.4) is 0 Å². The lowest BCUT2D eigenvalue weighted by Gasteiger charge is -2.21. The molecule has 8 aromatic rings. The molecule has 0 fully saturated rings. The summed E-state index contributed by atoms with van der Waals surface area (Å²) in [6, 6.07) is 50.8. The minimum absolute atomic E-state index is 0.353. The van der Waals surface area contributed by atoms with E-state index in [0.29, 0.717) is 11.1 Å². The first-order valence-electron chi connectivity index (χ1n) is 16.1. The number of hydrogen-bond donors (Lipinski definition) is 0. The zero-order valence-corrected chi connectivity index (χ0v) is 26.6. The molecule has 0 spiro atoms. The lowest BCUT2D eigenvalue weighted by atomic mass is 9.86. The SMILES string of the molecule is C/C=C(\C(=C/C)c1c(-n2c3ccccc3c3ccccc32)ccc(C#N)c1C#N)c1cccc(-n2c3ccccc3c3ccccc32)c1. The Hall–Kier alpha value is -6.62. The Kier molecular flexibility index (Phi) is 6.98. The first-order chi connectivity index (χ1) is 23.7. The number of para-hydroxylation sites is 4. The van der Waals surface area contributed by atoms with Crippen LogP contribution in [-0.4, -0.2) is 9.13 Å². The van der Waals surface area contributed by atoms with Crippen LogP contribution in [0.5, 0.6) is 0 Å². The molecule has 8 rings (SSSR count). The highest BCUT2D eigenvalue weighted by Gasteiger charge is 2.24. The fourth-order valence-corrected chi connectivity index (χ4v) is 7.37. The summed E-state index contributed by atoms with van der Waals surface area (Å²) in [5, 5.41) is 25.5. The van der Waals surface area contributed by atoms with Crippen LogP contribution in [0, 0.1) is 22.7 Å². The van der Waals surface area contributed by atoms with Crippen LogP contribution in [0.15, 0.2) is 146 Å². The zero-order chi connectivity index (χ0) is 32.8. The van der Waals surface area contributed by atoms with Crippen LogP contribution in [0.4, 0.5) is 0 Å². The molecule has 0 amide bonds. The van der Waals surface area contributed by atoms with E-state index < -0.39 is 0 Å². The van der Waals surface area contributed by atoms with Crippen molar-refractivity contribution in [3.63, 3.8) is 0 Å². The van der Waals surface area contributed by atoms with Gasteiger partial charge in [0.15, 0.2) is 0 Å². The minimum Gasteiger partial charge on any atom is -0.309 e. The lowest BCUT2D eigenvalue weighted by molar-refractivity contribution is 1.16. The van der Waals surface area contributed by atoms with Crippen LogP contribution in [0.2, 0.25) is 0 Å². The van der Waals surface area contributed by atoms with E-state index in [1.54, 1.807) is 6.07 Å². The van der Waals surface area contributed by atoms with Crippen molar-refractivity contribution < 1.29 is 0 Å². The summed E-state index contributed by atoms with van der Waals surface area (Å²) in [6.45, 7) is 4.04. The Morgan fingerprint density at radius 1 is 0.521 bits per heavy atom. The van der Waals surface area contributed by atoms with Crippen LogP contribution in [-0.2, 0) is 0 Å². The van der Waals surface area contributed by atoms with Crippen molar-refractivity contribution in [3.05, 3.63) is 168 Å². The van der Waals surface area contributed by atoms with Gasteiger partial charge in [-0.2, -0.15) is 10.5 Å². The third-order valence-electron chi connectivity index (χ3n) is 9.37. The Morgan fingerprint density at radius 2 is 1.02 bits per heavy atom. The summed E-state index contributed by atoms with van der Waals surface area (Å²) < 4.78 is 4.55. The number of nitrogens with zero attached hydrogens (tertiary/aromatic N) is 4. The highest BCUT2D eigenvalue weighted by molar-refractivity contribution is 6.13. The molecule has 0 unspecified atom stereocenters. The Bertz CT molecular complexity index is 2610. The van der Waals surface area contributed by atoms with E-state index in [2.05, 4.69) is 143 Å². The Morgan fingerprint density at radius 3 is 1.50 bits per heavy atom. The van der Waals surface area contributed by atoms with Gasteiger partial charge in [-0.15, -0.1) is 0 Å². The molecule has 2 heterocycles. The summed E-state index contributed by atoms with van der Waals surface area (Å²) in [5.74, 6) is 0. The summed E-state index contributed by atoms with van der Waals surface area (Å²) in [7, 11) is 0. The van der Waals surface area contributed by atoms with E-state index >= 15 is 0 Å². The monoisotopic (exact) mass is 614 g/mol. The fourth-order valence-electron chi connectivity index (χ4n) is 7.37. The molecule has 0 aliphatic carbocycles. The van der Waals surface area contributed by atoms with Gasteiger partial charge in [0.2, 0.25) is 0 Å². The van der Waals surface area contributed by atoms with Crippen molar-refractivity contribution in [3.8, 4) is 23.5 Å². The molecule has 0 saturated heterocycles. The van der Waals surface area contributed by atoms with Gasteiger partial charge in [-0.3, -0.25) is 0 Å². The van der Waals surface area contributed by atoms with Gasteiger partial charge in [-0.1, -0.05) is 97.1 Å². The molecule has 0 radical (unpaired) electrons. The normalized spacial score (nSPS) is 12.2. The van der Waals surface area contributed by atoms with Crippen molar-refractivity contribution in [2.24, 2.45) is 0 Å². The van der Waals surface area contributed by atoms with E-state index in [-0.39, 0.29) is 0 Å². The summed E-state index contributed by atoms with van der Waals surface area (Å²) in [6.07, 6.45) is 4.17. The molecule has 2 aromatic heterocycles. The number of fused-ring (bicyclic) bond motifs is 6. The van der Waals surface area contributed by atoms with Gasteiger partial charge in [0.05, 0.1) is 38.9 Å². The highest BCUT2D eigenvalue weighted by atomic mass is 15.0. The van der Waals surface area contributed by atoms with E-state index in [0.717, 1.165) is 66.5 Å². The van der Waals surface area contributed by atoms with Crippen molar-refractivity contribution >= 4 is 54.8 Å². The second kappa shape index (κ2) is 11.6. The van der Waals surface area contributed by atoms with E-state index in [9.17, 15) is 10.5 Å². The average Bonchev–Trinajstić information content (AvgIpc) is 3.66. The third-order valence-corrected chi connectivity index (χ3v) is 9.37. The van der Waals surface area contributed by atoms with E-state index in [1.807, 2.05) is 32.0 Å². The summed E-state index contributed by atoms with van der Waals surface area (Å²) in [4.78, 5) is 0. The predicted molar refractivity (Wildman–Crippen MR) is 198 cm³/mol. The maximum absolute atomic E-state index is 10.7. The van der Waals surface area contributed by atoms with Gasteiger partial charge >= 0.3 is 0 Å². The molecule has 4 heteroatoms. The molecule has 226 valence electrons. The number of hydrogen-bond acceptors (Lipinski definition) is 2. The second-order valence-electron chi connectivity index (χ2n) is 11.8. The quantitative estimate of drug-likeness (QED) is 0.181. The minimum atomic E-state index is 0.353. The van der Waals surface area contributed by atoms with Crippen LogP contribution >= 0.6 is 0 Å². The molecule has 48 heavy (non-hydrogen) atoms. The standard InChI is InChI=1S/C44H30N4/c1-3-32(29-14-13-15-31(26-29)47-39-20-9-5-16-34(39)35-17-6-10-21-40(35)47)33(4-2)44-38(28-46)30(27-45)24-25-43(44)48-41-22-11-7-18-36(41)37-19-8-12-23-42(37)48/h3-26H,1-2H3/b32-3-,33-4+. The van der Waals surface area contributed by atoms with E-state index in [4.69, 9.17) is 0 Å². The smallest absolute Gasteiger partial charge is 0.101 e. The molecular formula is C44H30N4. The van der Waals surface area contributed by atoms with Crippen molar-refractivity contribution in [1.29, 1.82) is 10.5 Å². The first kappa shape index (κ1) is 28.8. The summed E-state index contributed by atoms with van der Waals surface area (Å²) >= 11 is 0. The zero-order valence-electron chi connectivity index (χ0n) is 26.6.